The monoisotopic (exact) mass is 628 g/mol. The fourth-order valence-corrected chi connectivity index (χ4v) is 5.97. The van der Waals surface area contributed by atoms with E-state index in [1.165, 1.54) is 27.7 Å². The van der Waals surface area contributed by atoms with Crippen LogP contribution < -0.4 is 4.74 Å². The van der Waals surface area contributed by atoms with Crippen molar-refractivity contribution >= 4 is 46.7 Å². The highest BCUT2D eigenvalue weighted by Gasteiger charge is 2.52. The van der Waals surface area contributed by atoms with Gasteiger partial charge in [0.05, 0.1) is 24.2 Å². The number of esters is 4. The van der Waals surface area contributed by atoms with Crippen LogP contribution in [0.4, 0.5) is 0 Å². The fraction of sp³-hybridized carbons (Fsp3) is 0.452. The van der Waals surface area contributed by atoms with Gasteiger partial charge in [-0.2, -0.15) is 0 Å². The number of thioether (sulfide) groups is 1. The number of benzene rings is 2. The Balaban J connectivity index is 1.73. The number of hydrogen-bond donors (Lipinski definition) is 0. The van der Waals surface area contributed by atoms with E-state index in [0.717, 1.165) is 40.5 Å². The van der Waals surface area contributed by atoms with Gasteiger partial charge < -0.3 is 33.0 Å². The molecule has 2 heterocycles. The lowest BCUT2D eigenvalue weighted by molar-refractivity contribution is -0.237. The van der Waals surface area contributed by atoms with Crippen LogP contribution in [-0.2, 0) is 49.4 Å². The molecule has 0 aliphatic carbocycles. The van der Waals surface area contributed by atoms with Crippen molar-refractivity contribution in [2.24, 2.45) is 0 Å². The van der Waals surface area contributed by atoms with E-state index in [-0.39, 0.29) is 6.61 Å². The van der Waals surface area contributed by atoms with Gasteiger partial charge >= 0.3 is 23.9 Å². The number of nitrogens with zero attached hydrogens (tertiary/aromatic N) is 2. The van der Waals surface area contributed by atoms with Crippen LogP contribution in [0, 0.1) is 0 Å². The van der Waals surface area contributed by atoms with Crippen LogP contribution >= 0.6 is 11.8 Å². The number of aromatic nitrogens is 2. The van der Waals surface area contributed by atoms with Crippen molar-refractivity contribution in [3.8, 4) is 5.75 Å². The quantitative estimate of drug-likeness (QED) is 0.211. The van der Waals surface area contributed by atoms with E-state index in [9.17, 15) is 19.2 Å². The molecule has 0 N–H and O–H groups in total. The number of carbonyl (C=O) groups is 4. The molecule has 13 heteroatoms. The van der Waals surface area contributed by atoms with E-state index in [1.807, 2.05) is 60.0 Å². The van der Waals surface area contributed by atoms with E-state index in [0.29, 0.717) is 18.3 Å². The molecule has 2 aromatic carbocycles. The lowest BCUT2D eigenvalue weighted by Crippen LogP contribution is -2.61. The first-order chi connectivity index (χ1) is 21.0. The zero-order valence-corrected chi connectivity index (χ0v) is 26.0. The molecule has 5 unspecified atom stereocenters. The number of carbonyl (C=O) groups excluding carboxylic acids is 4. The molecule has 0 saturated carbocycles. The second-order valence-electron chi connectivity index (χ2n) is 10.1. The number of ether oxygens (including phenoxy) is 6. The summed E-state index contributed by atoms with van der Waals surface area (Å²) >= 11 is 1.15. The maximum atomic E-state index is 12.3. The van der Waals surface area contributed by atoms with Crippen LogP contribution in [0.15, 0.2) is 53.7 Å². The van der Waals surface area contributed by atoms with Crippen LogP contribution in [-0.4, -0.2) is 76.5 Å². The molecule has 1 fully saturated rings. The number of hydrogen-bond acceptors (Lipinski definition) is 12. The molecule has 0 radical (unpaired) electrons. The number of rotatable bonds is 12. The fourth-order valence-electron chi connectivity index (χ4n) is 4.78. The Morgan fingerprint density at radius 1 is 0.841 bits per heavy atom. The summed E-state index contributed by atoms with van der Waals surface area (Å²) in [5.74, 6) is -1.86. The smallest absolute Gasteiger partial charge is 0.303 e. The van der Waals surface area contributed by atoms with Crippen molar-refractivity contribution in [1.82, 2.24) is 9.55 Å². The average Bonchev–Trinajstić information content (AvgIpc) is 3.30. The van der Waals surface area contributed by atoms with Gasteiger partial charge in [-0.1, -0.05) is 43.0 Å². The van der Waals surface area contributed by atoms with Gasteiger partial charge in [-0.05, 0) is 36.2 Å². The third kappa shape index (κ3) is 8.50. The highest BCUT2D eigenvalue weighted by molar-refractivity contribution is 7.99. The van der Waals surface area contributed by atoms with E-state index < -0.39 is 53.7 Å². The second kappa shape index (κ2) is 15.1. The molecular weight excluding hydrogens is 592 g/mol. The molecule has 1 aliphatic heterocycles. The normalized spacial score (nSPS) is 21.3. The summed E-state index contributed by atoms with van der Waals surface area (Å²) in [5.41, 5.74) is 1.56. The van der Waals surface area contributed by atoms with Crippen LogP contribution in [0.2, 0.25) is 0 Å². The van der Waals surface area contributed by atoms with E-state index >= 15 is 0 Å². The molecule has 1 saturated heterocycles. The van der Waals surface area contributed by atoms with E-state index in [2.05, 4.69) is 0 Å². The molecule has 4 rings (SSSR count). The molecule has 1 aromatic heterocycles. The number of para-hydroxylation sites is 2. The molecule has 0 spiro atoms. The first-order valence-electron chi connectivity index (χ1n) is 14.2. The van der Waals surface area contributed by atoms with Crippen molar-refractivity contribution in [3.63, 3.8) is 0 Å². The van der Waals surface area contributed by atoms with Crippen molar-refractivity contribution in [2.45, 2.75) is 82.6 Å². The minimum Gasteiger partial charge on any atom is -0.494 e. The second-order valence-corrected chi connectivity index (χ2v) is 11.2. The van der Waals surface area contributed by atoms with E-state index in [4.69, 9.17) is 33.4 Å². The van der Waals surface area contributed by atoms with Gasteiger partial charge in [-0.15, -0.1) is 0 Å². The summed E-state index contributed by atoms with van der Waals surface area (Å²) < 4.78 is 35.9. The molecule has 1 aliphatic rings. The van der Waals surface area contributed by atoms with Crippen LogP contribution in [0.5, 0.6) is 5.75 Å². The van der Waals surface area contributed by atoms with Crippen molar-refractivity contribution in [3.05, 3.63) is 54.1 Å². The van der Waals surface area contributed by atoms with E-state index in [1.54, 1.807) is 0 Å². The molecule has 0 amide bonds. The van der Waals surface area contributed by atoms with Crippen molar-refractivity contribution < 1.29 is 47.6 Å². The molecular formula is C31H36N2O10S. The zero-order chi connectivity index (χ0) is 31.8. The first kappa shape index (κ1) is 32.8. The Bertz CT molecular complexity index is 1470. The minimum atomic E-state index is -1.26. The highest BCUT2D eigenvalue weighted by atomic mass is 32.2. The maximum absolute atomic E-state index is 12.3. The predicted molar refractivity (Wildman–Crippen MR) is 159 cm³/mol. The SMILES string of the molecule is CCCOc1ccc(Cn2c(SC3OC(COC(C)=O)C(OC(C)=O)C(OC(C)=O)C3OC(C)=O)nc3ccccc32)cc1. The van der Waals surface area contributed by atoms with Gasteiger partial charge in [0.15, 0.2) is 28.9 Å². The summed E-state index contributed by atoms with van der Waals surface area (Å²) in [6, 6.07) is 15.4. The molecule has 3 aromatic rings. The Morgan fingerprint density at radius 3 is 2.11 bits per heavy atom. The number of imidazole rings is 1. The summed E-state index contributed by atoms with van der Waals surface area (Å²) in [7, 11) is 0. The number of fused-ring (bicyclic) bond motifs is 1. The summed E-state index contributed by atoms with van der Waals surface area (Å²) in [6.45, 7) is 7.62. The zero-order valence-electron chi connectivity index (χ0n) is 25.2. The molecule has 0 bridgehead atoms. The molecule has 12 nitrogen and oxygen atoms in total. The molecule has 236 valence electrons. The third-order valence-corrected chi connectivity index (χ3v) is 7.66. The lowest BCUT2D eigenvalue weighted by Gasteiger charge is -2.44. The lowest BCUT2D eigenvalue weighted by atomic mass is 9.99. The Hall–Kier alpha value is -4.10. The van der Waals surface area contributed by atoms with Gasteiger partial charge in [0.2, 0.25) is 0 Å². The van der Waals surface area contributed by atoms with Crippen molar-refractivity contribution in [1.29, 1.82) is 0 Å². The van der Waals surface area contributed by atoms with Crippen LogP contribution in [0.1, 0.15) is 46.6 Å². The predicted octanol–water partition coefficient (Wildman–Crippen LogP) is 4.05. The largest absolute Gasteiger partial charge is 0.494 e. The third-order valence-electron chi connectivity index (χ3n) is 6.53. The van der Waals surface area contributed by atoms with Crippen LogP contribution in [0.3, 0.4) is 0 Å². The van der Waals surface area contributed by atoms with Crippen LogP contribution in [0.25, 0.3) is 11.0 Å². The standard InChI is InChI=1S/C31H36N2O10S/c1-6-15-38-23-13-11-22(12-14-23)16-33-25-10-8-7-9-24(25)32-31(33)44-30-29(42-21(5)37)28(41-20(4)36)27(40-19(3)35)26(43-30)17-39-18(2)34/h7-14,26-30H,6,15-17H2,1-5H3. The molecule has 44 heavy (non-hydrogen) atoms. The summed E-state index contributed by atoms with van der Waals surface area (Å²) in [4.78, 5) is 53.1. The maximum Gasteiger partial charge on any atom is 0.303 e. The van der Waals surface area contributed by atoms with Gasteiger partial charge in [0, 0.05) is 27.7 Å². The van der Waals surface area contributed by atoms with Gasteiger partial charge in [-0.25, -0.2) is 4.98 Å². The first-order valence-corrected chi connectivity index (χ1v) is 15.1. The summed E-state index contributed by atoms with van der Waals surface area (Å²) in [6.07, 6.45) is -3.85. The van der Waals surface area contributed by atoms with Gasteiger partial charge in [0.1, 0.15) is 18.5 Å². The van der Waals surface area contributed by atoms with Gasteiger partial charge in [0.25, 0.3) is 0 Å². The topological polar surface area (TPSA) is 141 Å². The Morgan fingerprint density at radius 2 is 1.48 bits per heavy atom. The summed E-state index contributed by atoms with van der Waals surface area (Å²) in [5, 5.41) is 0.526. The Kier molecular flexibility index (Phi) is 11.2. The minimum absolute atomic E-state index is 0.308. The van der Waals surface area contributed by atoms with Crippen molar-refractivity contribution in [2.75, 3.05) is 13.2 Å². The Labute approximate surface area is 259 Å². The molecule has 5 atom stereocenters. The highest BCUT2D eigenvalue weighted by Crippen LogP contribution is 2.38. The van der Waals surface area contributed by atoms with Gasteiger partial charge in [-0.3, -0.25) is 19.2 Å². The average molecular weight is 629 g/mol.